The summed E-state index contributed by atoms with van der Waals surface area (Å²) in [6, 6.07) is 62.2. The predicted molar refractivity (Wildman–Crippen MR) is 222 cm³/mol. The molecule has 5 heterocycles. The first-order valence-corrected chi connectivity index (χ1v) is 18.3. The van der Waals surface area contributed by atoms with Crippen LogP contribution in [0.2, 0.25) is 0 Å². The first-order chi connectivity index (χ1) is 26.3. The van der Waals surface area contributed by atoms with Crippen LogP contribution < -0.4 is 21.3 Å². The average Bonchev–Trinajstić information content (AvgIpc) is 3.88. The molecule has 2 aliphatic heterocycles. The van der Waals surface area contributed by atoms with Crippen LogP contribution in [-0.2, 0) is 0 Å². The van der Waals surface area contributed by atoms with Crippen LogP contribution in [0.25, 0.3) is 76.9 Å². The molecule has 11 aromatic rings. The lowest BCUT2D eigenvalue weighted by Gasteiger charge is -2.40. The van der Waals surface area contributed by atoms with Crippen molar-refractivity contribution < 1.29 is 4.42 Å². The lowest BCUT2D eigenvalue weighted by atomic mass is 9.34. The largest absolute Gasteiger partial charge is 0.456 e. The van der Waals surface area contributed by atoms with Gasteiger partial charge in [-0.2, -0.15) is 0 Å². The third kappa shape index (κ3) is 3.42. The van der Waals surface area contributed by atoms with Crippen LogP contribution in [0.1, 0.15) is 0 Å². The second-order valence-electron chi connectivity index (χ2n) is 14.4. The zero-order valence-corrected chi connectivity index (χ0v) is 28.5. The van der Waals surface area contributed by atoms with Crippen molar-refractivity contribution in [3.8, 4) is 11.4 Å². The fraction of sp³-hybridized carbons (Fsp3) is 0. The average molecular weight is 674 g/mol. The number of rotatable bonds is 2. The molecule has 0 saturated carbocycles. The first-order valence-electron chi connectivity index (χ1n) is 18.3. The van der Waals surface area contributed by atoms with Crippen LogP contribution in [0.4, 0.5) is 17.1 Å². The number of fused-ring (bicyclic) bond motifs is 14. The van der Waals surface area contributed by atoms with E-state index in [9.17, 15) is 0 Å². The quantitative estimate of drug-likeness (QED) is 0.171. The van der Waals surface area contributed by atoms with E-state index >= 15 is 0 Å². The number of benzene rings is 8. The van der Waals surface area contributed by atoms with Gasteiger partial charge in [0.2, 0.25) is 0 Å². The summed E-state index contributed by atoms with van der Waals surface area (Å²) in [6.07, 6.45) is 0. The molecule has 3 aromatic heterocycles. The zero-order valence-electron chi connectivity index (χ0n) is 28.5. The van der Waals surface area contributed by atoms with Gasteiger partial charge in [-0.1, -0.05) is 109 Å². The maximum Gasteiger partial charge on any atom is 0.252 e. The molecule has 0 fully saturated rings. The van der Waals surface area contributed by atoms with E-state index in [-0.39, 0.29) is 6.71 Å². The molecular formula is C48H28BN3O. The third-order valence-electron chi connectivity index (χ3n) is 11.9. The van der Waals surface area contributed by atoms with Crippen LogP contribution in [0.3, 0.4) is 0 Å². The van der Waals surface area contributed by atoms with Crippen molar-refractivity contribution in [3.05, 3.63) is 170 Å². The number of furan rings is 1. The number of para-hydroxylation sites is 6. The maximum atomic E-state index is 6.48. The molecule has 0 aliphatic carbocycles. The molecule has 0 N–H and O–H groups in total. The van der Waals surface area contributed by atoms with Gasteiger partial charge in [0, 0.05) is 60.6 Å². The van der Waals surface area contributed by atoms with Crippen LogP contribution in [0.5, 0.6) is 0 Å². The topological polar surface area (TPSA) is 26.2 Å². The lowest BCUT2D eigenvalue weighted by Crippen LogP contribution is -2.60. The number of nitrogens with zero attached hydrogens (tertiary/aromatic N) is 3. The molecule has 0 spiro atoms. The van der Waals surface area contributed by atoms with Crippen molar-refractivity contribution in [1.29, 1.82) is 0 Å². The first kappa shape index (κ1) is 27.7. The Labute approximate surface area is 304 Å². The Hall–Kier alpha value is -6.98. The van der Waals surface area contributed by atoms with Gasteiger partial charge in [-0.3, -0.25) is 0 Å². The van der Waals surface area contributed by atoms with Crippen LogP contribution in [-0.4, -0.2) is 15.8 Å². The highest BCUT2D eigenvalue weighted by Crippen LogP contribution is 2.46. The maximum absolute atomic E-state index is 6.48. The summed E-state index contributed by atoms with van der Waals surface area (Å²) < 4.78 is 11.5. The molecule has 0 saturated heterocycles. The second-order valence-corrected chi connectivity index (χ2v) is 14.4. The van der Waals surface area contributed by atoms with E-state index in [0.717, 1.165) is 27.9 Å². The van der Waals surface area contributed by atoms with Gasteiger partial charge in [0.05, 0.1) is 22.2 Å². The molecule has 0 bridgehead atoms. The zero-order chi connectivity index (χ0) is 34.4. The molecule has 244 valence electrons. The molecule has 13 rings (SSSR count). The van der Waals surface area contributed by atoms with Crippen molar-refractivity contribution >= 4 is 106 Å². The summed E-state index contributed by atoms with van der Waals surface area (Å²) in [7, 11) is 0. The molecule has 0 atom stereocenters. The molecule has 5 heteroatoms. The SMILES string of the molecule is c1ccc(N2c3ccccc3B3c4c2cc(-n2c5ccccc5c5ccccc52)cc4-n2c4ccc5oc6ccccc6c5c4c4cccc3c42)cc1. The van der Waals surface area contributed by atoms with Gasteiger partial charge < -0.3 is 18.5 Å². The van der Waals surface area contributed by atoms with Gasteiger partial charge in [-0.25, -0.2) is 0 Å². The Morgan fingerprint density at radius 3 is 1.89 bits per heavy atom. The monoisotopic (exact) mass is 673 g/mol. The molecule has 8 aromatic carbocycles. The molecule has 0 amide bonds. The van der Waals surface area contributed by atoms with E-state index in [2.05, 4.69) is 184 Å². The van der Waals surface area contributed by atoms with Gasteiger partial charge in [0.1, 0.15) is 11.2 Å². The fourth-order valence-electron chi connectivity index (χ4n) is 9.88. The van der Waals surface area contributed by atoms with Crippen molar-refractivity contribution in [2.75, 3.05) is 4.90 Å². The number of hydrogen-bond acceptors (Lipinski definition) is 2. The van der Waals surface area contributed by atoms with Gasteiger partial charge >= 0.3 is 0 Å². The van der Waals surface area contributed by atoms with E-state index in [1.54, 1.807) is 0 Å². The Morgan fingerprint density at radius 1 is 0.396 bits per heavy atom. The lowest BCUT2D eigenvalue weighted by molar-refractivity contribution is 0.669. The standard InChI is InChI=1S/C48H28BN3O/c1-2-13-29(14-3-1)50-39-23-10-7-19-35(39)49-36-20-12-18-34-45-40(25-26-44-46(45)33-17-6-11-24-43(33)53-44)52(48(34)36)42-28-30(27-41(50)47(42)49)51-37-21-8-4-15-31(37)32-16-5-9-22-38(32)51/h1-28H. The van der Waals surface area contributed by atoms with Crippen molar-refractivity contribution in [2.45, 2.75) is 0 Å². The van der Waals surface area contributed by atoms with Gasteiger partial charge in [-0.05, 0) is 77.1 Å². The minimum atomic E-state index is 0.0560. The Balaban J connectivity index is 1.25. The van der Waals surface area contributed by atoms with E-state index in [4.69, 9.17) is 4.42 Å². The Bertz CT molecular complexity index is 3320. The molecule has 2 aliphatic rings. The fourth-order valence-corrected chi connectivity index (χ4v) is 9.88. The normalized spacial score (nSPS) is 13.2. The van der Waals surface area contributed by atoms with Crippen molar-refractivity contribution in [2.24, 2.45) is 0 Å². The molecule has 0 unspecified atom stereocenters. The van der Waals surface area contributed by atoms with Crippen LogP contribution in [0.15, 0.2) is 174 Å². The Kier molecular flexibility index (Phi) is 5.16. The smallest absolute Gasteiger partial charge is 0.252 e. The predicted octanol–water partition coefficient (Wildman–Crippen LogP) is 10.4. The van der Waals surface area contributed by atoms with Crippen LogP contribution in [0, 0.1) is 0 Å². The highest BCUT2D eigenvalue weighted by molar-refractivity contribution is 7.00. The minimum absolute atomic E-state index is 0.0560. The summed E-state index contributed by atoms with van der Waals surface area (Å²) >= 11 is 0. The number of aromatic nitrogens is 2. The van der Waals surface area contributed by atoms with E-state index < -0.39 is 0 Å². The van der Waals surface area contributed by atoms with Crippen molar-refractivity contribution in [1.82, 2.24) is 9.13 Å². The number of anilines is 3. The van der Waals surface area contributed by atoms with Gasteiger partial charge in [-0.15, -0.1) is 0 Å². The molecular weight excluding hydrogens is 645 g/mol. The summed E-state index contributed by atoms with van der Waals surface area (Å²) in [6.45, 7) is 0.0560. The van der Waals surface area contributed by atoms with E-state index in [1.807, 2.05) is 0 Å². The van der Waals surface area contributed by atoms with Crippen molar-refractivity contribution in [3.63, 3.8) is 0 Å². The molecule has 53 heavy (non-hydrogen) atoms. The van der Waals surface area contributed by atoms with Crippen LogP contribution >= 0.6 is 0 Å². The highest BCUT2D eigenvalue weighted by Gasteiger charge is 2.42. The van der Waals surface area contributed by atoms with Gasteiger partial charge in [0.15, 0.2) is 0 Å². The summed E-state index contributed by atoms with van der Waals surface area (Å²) in [5, 5.41) is 7.34. The second kappa shape index (κ2) is 9.87. The molecule has 4 nitrogen and oxygen atoms in total. The molecule has 0 radical (unpaired) electrons. The number of hydrogen-bond donors (Lipinski definition) is 0. The van der Waals surface area contributed by atoms with E-state index in [0.29, 0.717) is 0 Å². The Morgan fingerprint density at radius 2 is 1.06 bits per heavy atom. The summed E-state index contributed by atoms with van der Waals surface area (Å²) in [4.78, 5) is 2.49. The highest BCUT2D eigenvalue weighted by atomic mass is 16.3. The summed E-state index contributed by atoms with van der Waals surface area (Å²) in [5.41, 5.74) is 16.6. The summed E-state index contributed by atoms with van der Waals surface area (Å²) in [5.74, 6) is 0. The van der Waals surface area contributed by atoms with Gasteiger partial charge in [0.25, 0.3) is 6.71 Å². The van der Waals surface area contributed by atoms with E-state index in [1.165, 1.54) is 82.4 Å². The minimum Gasteiger partial charge on any atom is -0.456 e. The third-order valence-corrected chi connectivity index (χ3v) is 11.9.